The lowest BCUT2D eigenvalue weighted by atomic mass is 10.0. The number of carbonyl (C=O) groups is 4. The van der Waals surface area contributed by atoms with Gasteiger partial charge in [0.05, 0.1) is 76.7 Å². The molecule has 19 nitrogen and oxygen atoms in total. The maximum absolute atomic E-state index is 14.3. The number of phosphoric ester groups is 1. The molecule has 1 fully saturated rings. The Morgan fingerprint density at radius 1 is 0.765 bits per heavy atom. The summed E-state index contributed by atoms with van der Waals surface area (Å²) in [5.74, 6) is -1.95. The molecule has 2 aromatic carbocycles. The van der Waals surface area contributed by atoms with E-state index in [0.29, 0.717) is 52.5 Å². The van der Waals surface area contributed by atoms with Crippen molar-refractivity contribution in [1.82, 2.24) is 15.3 Å². The predicted molar refractivity (Wildman–Crippen MR) is 337 cm³/mol. The molecule has 0 bridgehead atoms. The second-order valence-electron chi connectivity index (χ2n) is 23.5. The fourth-order valence-electron chi connectivity index (χ4n) is 9.86. The van der Waals surface area contributed by atoms with Crippen molar-refractivity contribution in [3.63, 3.8) is 0 Å². The molecular weight excluding hydrogens is 1120 g/mol. The number of amidine groups is 1. The number of nitrogens with zero attached hydrogens (tertiary/aromatic N) is 5. The molecule has 2 aromatic heterocycles. The number of pyridine rings is 1. The minimum absolute atomic E-state index is 0.0620. The van der Waals surface area contributed by atoms with E-state index in [4.69, 9.17) is 34.0 Å². The number of nitrogens with one attached hydrogen (secondary N) is 2. The van der Waals surface area contributed by atoms with Crippen LogP contribution in [0.5, 0.6) is 0 Å². The quantitative estimate of drug-likeness (QED) is 0.00708. The predicted octanol–water partition coefficient (Wildman–Crippen LogP) is 12.8. The number of thiazole rings is 1. The first-order valence-corrected chi connectivity index (χ1v) is 33.8. The van der Waals surface area contributed by atoms with Crippen molar-refractivity contribution in [2.75, 3.05) is 84.0 Å². The van der Waals surface area contributed by atoms with Gasteiger partial charge in [-0.15, -0.1) is 11.3 Å². The average Bonchev–Trinajstić information content (AvgIpc) is 3.34. The number of aliphatic imine (C=N–C) groups is 1. The van der Waals surface area contributed by atoms with E-state index >= 15 is 0 Å². The highest BCUT2D eigenvalue weighted by Gasteiger charge is 2.24. The molecule has 1 aliphatic rings. The summed E-state index contributed by atoms with van der Waals surface area (Å²) in [5, 5.41) is 7.56. The zero-order chi connectivity index (χ0) is 61.0. The average molecular weight is 1220 g/mol. The van der Waals surface area contributed by atoms with E-state index in [9.17, 15) is 28.6 Å². The lowest BCUT2D eigenvalue weighted by Gasteiger charge is -2.28. The van der Waals surface area contributed by atoms with Gasteiger partial charge in [-0.05, 0) is 86.8 Å². The first-order chi connectivity index (χ1) is 41.1. The van der Waals surface area contributed by atoms with Crippen LogP contribution in [0.25, 0.3) is 10.2 Å². The van der Waals surface area contributed by atoms with E-state index in [1.165, 1.54) is 132 Å². The number of carbonyl (C=O) groups excluding carboxylic acids is 4. The van der Waals surface area contributed by atoms with Gasteiger partial charge in [-0.2, -0.15) is 4.99 Å². The van der Waals surface area contributed by atoms with E-state index in [2.05, 4.69) is 27.5 Å². The minimum Gasteiger partial charge on any atom is -0.756 e. The number of unbranched alkanes of at least 4 members (excludes halogenated alkanes) is 19. The van der Waals surface area contributed by atoms with E-state index in [-0.39, 0.29) is 51.6 Å². The van der Waals surface area contributed by atoms with Crippen LogP contribution in [0.2, 0.25) is 0 Å². The third kappa shape index (κ3) is 30.2. The number of hydrogen-bond acceptors (Lipinski definition) is 16. The topological polar surface area (TPSA) is 246 Å². The van der Waals surface area contributed by atoms with Gasteiger partial charge in [-0.3, -0.25) is 23.8 Å². The van der Waals surface area contributed by atoms with Gasteiger partial charge in [0.25, 0.3) is 13.7 Å². The minimum atomic E-state index is -4.74. The summed E-state index contributed by atoms with van der Waals surface area (Å²) in [7, 11) is 0.975. The molecule has 4 aromatic rings. The molecule has 0 aliphatic carbocycles. The van der Waals surface area contributed by atoms with Crippen molar-refractivity contribution < 1.29 is 56.4 Å². The second-order valence-corrected chi connectivity index (χ2v) is 26.0. The van der Waals surface area contributed by atoms with Crippen LogP contribution in [0.3, 0.4) is 0 Å². The van der Waals surface area contributed by atoms with E-state index in [1.54, 1.807) is 48.7 Å². The van der Waals surface area contributed by atoms with E-state index in [0.717, 1.165) is 54.0 Å². The fraction of sp³-hybridized carbons (Fsp3) is 0.641. The van der Waals surface area contributed by atoms with Crippen LogP contribution in [0.15, 0.2) is 71.9 Å². The molecule has 4 N–H and O–H groups in total. The molecule has 1 aliphatic heterocycles. The third-order valence-electron chi connectivity index (χ3n) is 15.0. The molecule has 0 radical (unpaired) electrons. The number of ether oxygens (including phenoxy) is 3. The largest absolute Gasteiger partial charge is 0.756 e. The molecule has 85 heavy (non-hydrogen) atoms. The highest BCUT2D eigenvalue weighted by molar-refractivity contribution is 7.45. The van der Waals surface area contributed by atoms with Gasteiger partial charge >= 0.3 is 18.0 Å². The fourth-order valence-corrected chi connectivity index (χ4v) is 11.5. The lowest BCUT2D eigenvalue weighted by molar-refractivity contribution is -0.870. The van der Waals surface area contributed by atoms with Gasteiger partial charge in [-0.25, -0.2) is 14.8 Å². The monoisotopic (exact) mass is 1220 g/mol. The summed E-state index contributed by atoms with van der Waals surface area (Å²) < 4.78 is 40.9. The zero-order valence-electron chi connectivity index (χ0n) is 51.4. The van der Waals surface area contributed by atoms with Gasteiger partial charge in [0, 0.05) is 42.0 Å². The molecule has 1 saturated heterocycles. The number of likely N-dealkylation sites (N-methyl/N-ethyl adjacent to an activating group) is 1. The van der Waals surface area contributed by atoms with Crippen LogP contribution in [0, 0.1) is 5.92 Å². The molecule has 0 spiro atoms. The number of quaternary nitrogens is 1. The van der Waals surface area contributed by atoms with Crippen molar-refractivity contribution in [2.24, 2.45) is 16.6 Å². The molecule has 2 amide bonds. The Morgan fingerprint density at radius 3 is 1.96 bits per heavy atom. The summed E-state index contributed by atoms with van der Waals surface area (Å²) in [5.41, 5.74) is 8.44. The number of aromatic nitrogens is 2. The van der Waals surface area contributed by atoms with Gasteiger partial charge in [-0.1, -0.05) is 141 Å². The molecule has 3 heterocycles. The number of esters is 2. The summed E-state index contributed by atoms with van der Waals surface area (Å²) in [4.78, 5) is 80.1. The van der Waals surface area contributed by atoms with E-state index in [1.807, 2.05) is 39.3 Å². The van der Waals surface area contributed by atoms with Crippen LogP contribution in [0.4, 0.5) is 16.3 Å². The van der Waals surface area contributed by atoms with Crippen molar-refractivity contribution in [2.45, 2.75) is 186 Å². The highest BCUT2D eigenvalue weighted by atomic mass is 32.1. The Labute approximate surface area is 510 Å². The maximum Gasteiger partial charge on any atom is 0.435 e. The SMILES string of the molecule is CCCCCCCCCCCCCCCCCCCCCCC(=O)OCC(COC(=O)CCN(C(=O)c1ccc2sc(CNc3ccc(/C(N)=N/C(=O)OCCC4CCCCN4)cc3)nc2c1)c1ccccn1)COP(=O)([O-])OCC[N+](C)(C)C. The van der Waals surface area contributed by atoms with E-state index < -0.39 is 44.3 Å². The first-order valence-electron chi connectivity index (χ1n) is 31.5. The van der Waals surface area contributed by atoms with Crippen LogP contribution in [0.1, 0.15) is 195 Å². The second kappa shape index (κ2) is 40.2. The summed E-state index contributed by atoms with van der Waals surface area (Å²) in [6, 6.07) is 17.9. The van der Waals surface area contributed by atoms with Crippen molar-refractivity contribution >= 4 is 70.7 Å². The zero-order valence-corrected chi connectivity index (χ0v) is 53.1. The summed E-state index contributed by atoms with van der Waals surface area (Å²) in [6.45, 7) is 3.15. The number of amides is 2. The number of nitrogens with two attached hydrogens (primary N) is 1. The van der Waals surface area contributed by atoms with Crippen LogP contribution in [-0.4, -0.2) is 124 Å². The summed E-state index contributed by atoms with van der Waals surface area (Å²) in [6.07, 6.45) is 30.2. The van der Waals surface area contributed by atoms with Gasteiger partial charge in [0.2, 0.25) is 0 Å². The smallest absolute Gasteiger partial charge is 0.435 e. The highest BCUT2D eigenvalue weighted by Crippen LogP contribution is 2.39. The van der Waals surface area contributed by atoms with Crippen LogP contribution < -0.4 is 26.2 Å². The first kappa shape index (κ1) is 70.4. The number of rotatable bonds is 44. The lowest BCUT2D eigenvalue weighted by Crippen LogP contribution is -2.37. The number of phosphoric acid groups is 1. The standard InChI is InChI=1S/C64H99N8O11PS/c1-5-6-7-8-9-10-11-12-13-14-15-16-17-18-19-20-21-22-23-24-31-60(73)80-48-51(50-83-84(77,78)82-45-43-72(2,3)4)49-81-61(74)38-42-71(58-30-26-28-41-67-58)63(75)53-34-37-57-56(46-53)69-59(85-57)47-68-55-35-32-52(33-36-55)62(65)70-64(76)79-44-39-54-29-25-27-40-66-54/h26,28,30,32-37,41,46,51,54,66H,5-25,27,29,31,38-40,42-45,47-50H2,1-4H3,(H3-,65,68,70,76,77,78). The molecular formula is C64H99N8O11PS. The Morgan fingerprint density at radius 2 is 1.38 bits per heavy atom. The van der Waals surface area contributed by atoms with Gasteiger partial charge in [0.1, 0.15) is 29.8 Å². The molecule has 472 valence electrons. The number of anilines is 2. The Balaban J connectivity index is 1.04. The van der Waals surface area contributed by atoms with Crippen LogP contribution in [-0.2, 0) is 44.0 Å². The maximum atomic E-state index is 14.3. The number of fused-ring (bicyclic) bond motifs is 1. The normalized spacial score (nSPS) is 14.8. The Bertz CT molecular complexity index is 2630. The molecule has 21 heteroatoms. The number of piperidine rings is 1. The Hall–Kier alpha value is -5.34. The van der Waals surface area contributed by atoms with Crippen molar-refractivity contribution in [1.29, 1.82) is 0 Å². The summed E-state index contributed by atoms with van der Waals surface area (Å²) >= 11 is 1.48. The van der Waals surface area contributed by atoms with Gasteiger partial charge in [0.15, 0.2) is 0 Å². The Kier molecular flexibility index (Phi) is 33.3. The van der Waals surface area contributed by atoms with Crippen molar-refractivity contribution in [3.05, 3.63) is 83.0 Å². The van der Waals surface area contributed by atoms with Crippen molar-refractivity contribution in [3.8, 4) is 0 Å². The number of hydrogen-bond donors (Lipinski definition) is 3. The molecule has 3 unspecified atom stereocenters. The van der Waals surface area contributed by atoms with Crippen LogP contribution >= 0.6 is 19.2 Å². The molecule has 0 saturated carbocycles. The third-order valence-corrected chi connectivity index (χ3v) is 17.0. The molecule has 3 atom stereocenters. The van der Waals surface area contributed by atoms with Gasteiger partial charge < -0.3 is 49.0 Å². The number of benzene rings is 2. The molecule has 5 rings (SSSR count).